The zero-order chi connectivity index (χ0) is 21.0. The highest BCUT2D eigenvalue weighted by atomic mass is 16.2. The van der Waals surface area contributed by atoms with Crippen molar-refractivity contribution in [3.8, 4) is 0 Å². The van der Waals surface area contributed by atoms with Gasteiger partial charge in [-0.1, -0.05) is 25.8 Å². The Kier molecular flexibility index (Phi) is 7.02. The maximum Gasteiger partial charge on any atom is 0.335 e. The Morgan fingerprint density at radius 3 is 2.38 bits per heavy atom. The summed E-state index contributed by atoms with van der Waals surface area (Å²) >= 11 is 0. The zero-order valence-electron chi connectivity index (χ0n) is 17.1. The minimum Gasteiger partial charge on any atom is -0.352 e. The molecule has 0 aromatic rings. The number of imide groups is 2. The van der Waals surface area contributed by atoms with Crippen LogP contribution in [0.4, 0.5) is 4.79 Å². The molecule has 2 heterocycles. The van der Waals surface area contributed by atoms with E-state index in [0.29, 0.717) is 39.3 Å². The molecule has 2 atom stereocenters. The van der Waals surface area contributed by atoms with Crippen LogP contribution < -0.4 is 5.32 Å². The van der Waals surface area contributed by atoms with Crippen molar-refractivity contribution < 1.29 is 19.2 Å². The lowest BCUT2D eigenvalue weighted by atomic mass is 9.85. The molecule has 2 saturated heterocycles. The topological polar surface area (TPSA) is 93.3 Å². The van der Waals surface area contributed by atoms with E-state index in [-0.39, 0.29) is 24.5 Å². The third-order valence-corrected chi connectivity index (χ3v) is 6.10. The Balaban J connectivity index is 1.52. The van der Waals surface area contributed by atoms with Crippen LogP contribution >= 0.6 is 0 Å². The first kappa shape index (κ1) is 21.4. The van der Waals surface area contributed by atoms with Gasteiger partial charge in [0.2, 0.25) is 5.91 Å². The van der Waals surface area contributed by atoms with Crippen molar-refractivity contribution in [1.82, 2.24) is 24.9 Å². The van der Waals surface area contributed by atoms with E-state index in [9.17, 15) is 19.2 Å². The summed E-state index contributed by atoms with van der Waals surface area (Å²) in [7, 11) is 0. The summed E-state index contributed by atoms with van der Waals surface area (Å²) in [6.07, 6.45) is 5.45. The summed E-state index contributed by atoms with van der Waals surface area (Å²) in [5.74, 6) is -1.24. The van der Waals surface area contributed by atoms with Crippen LogP contribution in [-0.2, 0) is 14.4 Å². The number of nitrogens with one attached hydrogen (secondary N) is 1. The van der Waals surface area contributed by atoms with Gasteiger partial charge in [0.05, 0.1) is 13.2 Å². The molecule has 1 saturated carbocycles. The molecule has 0 bridgehead atoms. The fourth-order valence-electron chi connectivity index (χ4n) is 4.35. The number of nitrogens with zero attached hydrogens (tertiary/aromatic N) is 4. The molecule has 160 valence electrons. The number of hydrogen-bond donors (Lipinski definition) is 1. The lowest BCUT2D eigenvalue weighted by Crippen LogP contribution is -2.53. The van der Waals surface area contributed by atoms with Crippen LogP contribution in [0.1, 0.15) is 32.6 Å². The first-order chi connectivity index (χ1) is 13.9. The molecule has 0 radical (unpaired) electrons. The van der Waals surface area contributed by atoms with Crippen LogP contribution in [0.2, 0.25) is 0 Å². The fraction of sp³-hybridized carbons (Fsp3) is 0.700. The van der Waals surface area contributed by atoms with E-state index in [0.717, 1.165) is 30.6 Å². The van der Waals surface area contributed by atoms with Gasteiger partial charge in [0.1, 0.15) is 0 Å². The standard InChI is InChI=1S/C20H31N5O4/c1-3-8-21-17(26)13-22-9-11-23(12-10-22)14-24-18(27)19(28)25(20(24)29)16-7-5-4-6-15(16)2/h3,15-16H,1,4-14H2,2H3,(H,21,26). The molecule has 1 aliphatic carbocycles. The van der Waals surface area contributed by atoms with Gasteiger partial charge < -0.3 is 5.32 Å². The Morgan fingerprint density at radius 2 is 1.72 bits per heavy atom. The van der Waals surface area contributed by atoms with Crippen LogP contribution in [0.25, 0.3) is 0 Å². The van der Waals surface area contributed by atoms with Gasteiger partial charge in [0, 0.05) is 38.8 Å². The minimum atomic E-state index is -0.723. The van der Waals surface area contributed by atoms with Gasteiger partial charge in [-0.2, -0.15) is 0 Å². The van der Waals surface area contributed by atoms with E-state index >= 15 is 0 Å². The van der Waals surface area contributed by atoms with Gasteiger partial charge in [-0.15, -0.1) is 6.58 Å². The van der Waals surface area contributed by atoms with Crippen molar-refractivity contribution in [2.75, 3.05) is 45.9 Å². The number of urea groups is 1. The number of carbonyl (C=O) groups excluding carboxylic acids is 4. The van der Waals surface area contributed by atoms with Gasteiger partial charge in [0.25, 0.3) is 0 Å². The monoisotopic (exact) mass is 405 g/mol. The van der Waals surface area contributed by atoms with E-state index in [2.05, 4.69) is 11.9 Å². The van der Waals surface area contributed by atoms with Gasteiger partial charge in [-0.3, -0.25) is 29.1 Å². The molecule has 0 aromatic heterocycles. The highest BCUT2D eigenvalue weighted by Gasteiger charge is 2.49. The molecule has 29 heavy (non-hydrogen) atoms. The number of rotatable bonds is 7. The van der Waals surface area contributed by atoms with Crippen LogP contribution in [0.5, 0.6) is 0 Å². The van der Waals surface area contributed by atoms with Crippen molar-refractivity contribution in [3.05, 3.63) is 12.7 Å². The normalized spacial score (nSPS) is 26.9. The molecule has 2 unspecified atom stereocenters. The van der Waals surface area contributed by atoms with Crippen LogP contribution in [0, 0.1) is 5.92 Å². The maximum absolute atomic E-state index is 12.9. The Morgan fingerprint density at radius 1 is 1.07 bits per heavy atom. The van der Waals surface area contributed by atoms with Crippen LogP contribution in [0.15, 0.2) is 12.7 Å². The summed E-state index contributed by atoms with van der Waals surface area (Å²) in [5, 5.41) is 2.75. The lowest BCUT2D eigenvalue weighted by Gasteiger charge is -2.36. The number of amides is 5. The average Bonchev–Trinajstić information content (AvgIpc) is 2.92. The smallest absolute Gasteiger partial charge is 0.335 e. The molecule has 0 aromatic carbocycles. The molecular formula is C20H31N5O4. The molecule has 1 N–H and O–H groups in total. The fourth-order valence-corrected chi connectivity index (χ4v) is 4.35. The first-order valence-corrected chi connectivity index (χ1v) is 10.4. The molecule has 0 spiro atoms. The summed E-state index contributed by atoms with van der Waals surface area (Å²) < 4.78 is 0. The Bertz CT molecular complexity index is 674. The van der Waals surface area contributed by atoms with Crippen molar-refractivity contribution in [1.29, 1.82) is 0 Å². The van der Waals surface area contributed by atoms with E-state index in [1.54, 1.807) is 6.08 Å². The molecule has 9 nitrogen and oxygen atoms in total. The Labute approximate surface area is 171 Å². The maximum atomic E-state index is 12.9. The molecular weight excluding hydrogens is 374 g/mol. The zero-order valence-corrected chi connectivity index (χ0v) is 17.1. The second kappa shape index (κ2) is 9.49. The number of hydrogen-bond acceptors (Lipinski definition) is 6. The predicted octanol–water partition coefficient (Wildman–Crippen LogP) is 0.233. The third-order valence-electron chi connectivity index (χ3n) is 6.10. The van der Waals surface area contributed by atoms with E-state index < -0.39 is 17.8 Å². The third kappa shape index (κ3) is 4.84. The summed E-state index contributed by atoms with van der Waals surface area (Å²) in [4.78, 5) is 56.0. The predicted molar refractivity (Wildman–Crippen MR) is 107 cm³/mol. The lowest BCUT2D eigenvalue weighted by molar-refractivity contribution is -0.145. The molecule has 9 heteroatoms. The van der Waals surface area contributed by atoms with Gasteiger partial charge in [-0.05, 0) is 18.8 Å². The Hall–Kier alpha value is -2.26. The molecule has 2 aliphatic heterocycles. The van der Waals surface area contributed by atoms with Crippen molar-refractivity contribution in [3.63, 3.8) is 0 Å². The number of piperazine rings is 1. The highest BCUT2D eigenvalue weighted by Crippen LogP contribution is 2.31. The van der Waals surface area contributed by atoms with Crippen molar-refractivity contribution in [2.45, 2.75) is 38.6 Å². The molecule has 3 fully saturated rings. The van der Waals surface area contributed by atoms with Gasteiger partial charge in [-0.25, -0.2) is 9.69 Å². The van der Waals surface area contributed by atoms with Crippen molar-refractivity contribution >= 4 is 23.8 Å². The molecule has 5 amide bonds. The quantitative estimate of drug-likeness (QED) is 0.370. The largest absolute Gasteiger partial charge is 0.352 e. The SMILES string of the molecule is C=CCNC(=O)CN1CCN(CN2C(=O)C(=O)N(C3CCCCC3C)C2=O)CC1. The molecule has 3 rings (SSSR count). The molecule has 3 aliphatic rings. The van der Waals surface area contributed by atoms with Crippen LogP contribution in [0.3, 0.4) is 0 Å². The second-order valence-corrected chi connectivity index (χ2v) is 8.15. The first-order valence-electron chi connectivity index (χ1n) is 10.4. The van der Waals surface area contributed by atoms with Crippen molar-refractivity contribution in [2.24, 2.45) is 5.92 Å². The van der Waals surface area contributed by atoms with E-state index in [1.807, 2.05) is 16.7 Å². The van der Waals surface area contributed by atoms with E-state index in [4.69, 9.17) is 0 Å². The minimum absolute atomic E-state index is 0.0499. The van der Waals surface area contributed by atoms with E-state index in [1.165, 1.54) is 4.90 Å². The summed E-state index contributed by atoms with van der Waals surface area (Å²) in [5.41, 5.74) is 0. The highest BCUT2D eigenvalue weighted by molar-refractivity contribution is 6.44. The van der Waals surface area contributed by atoms with Crippen LogP contribution in [-0.4, -0.2) is 95.3 Å². The van der Waals surface area contributed by atoms with Gasteiger partial charge in [0.15, 0.2) is 0 Å². The average molecular weight is 405 g/mol. The number of carbonyl (C=O) groups is 4. The summed E-state index contributed by atoms with van der Waals surface area (Å²) in [6.45, 7) is 9.07. The van der Waals surface area contributed by atoms with Gasteiger partial charge >= 0.3 is 17.8 Å². The summed E-state index contributed by atoms with van der Waals surface area (Å²) in [6, 6.07) is -0.659. The second-order valence-electron chi connectivity index (χ2n) is 8.15.